The lowest BCUT2D eigenvalue weighted by atomic mass is 10.3. The molecule has 0 unspecified atom stereocenters. The third-order valence-corrected chi connectivity index (χ3v) is 0.734. The second kappa shape index (κ2) is 1.93. The molecule has 0 saturated carbocycles. The normalized spacial score (nSPS) is 25.0. The molecule has 0 radical (unpaired) electrons. The van der Waals surface area contributed by atoms with Crippen LogP contribution in [-0.2, 0) is 4.84 Å². The number of rotatable bonds is 1. The largest absolute Gasteiger partial charge is 0.395 e. The Morgan fingerprint density at radius 1 is 2.14 bits per heavy atom. The molecule has 1 rings (SSSR count). The Balaban J connectivity index is 2.61. The summed E-state index contributed by atoms with van der Waals surface area (Å²) in [5.41, 5.74) is 0.0718. The summed E-state index contributed by atoms with van der Waals surface area (Å²) in [6.45, 7) is -1.92. The van der Waals surface area contributed by atoms with Crippen molar-refractivity contribution < 1.29 is 12.7 Å². The molecule has 3 heteroatoms. The minimum Gasteiger partial charge on any atom is -0.395 e. The molecular weight excluding hydrogens is 94.0 g/mol. The van der Waals surface area contributed by atoms with E-state index in [1.807, 2.05) is 0 Å². The van der Waals surface area contributed by atoms with E-state index < -0.39 is 6.56 Å². The van der Waals surface area contributed by atoms with Gasteiger partial charge in [-0.15, -0.1) is 0 Å². The Morgan fingerprint density at radius 3 is 3.29 bits per heavy atom. The molecule has 0 fully saturated rings. The second-order valence-electron chi connectivity index (χ2n) is 1.23. The van der Waals surface area contributed by atoms with Crippen molar-refractivity contribution in [1.82, 2.24) is 0 Å². The third kappa shape index (κ3) is 0.899. The zero-order valence-corrected chi connectivity index (χ0v) is 3.72. The Kier molecular flexibility index (Phi) is 0.736. The van der Waals surface area contributed by atoms with Gasteiger partial charge in [0.05, 0.1) is 15.0 Å². The van der Waals surface area contributed by atoms with E-state index in [4.69, 9.17) is 7.85 Å². The maximum absolute atomic E-state index is 8.64. The standard InChI is InChI=1S/C4H7NO2/c6-3-4-1-2-7-5-4/h6H,1-3H2/i3D2. The van der Waals surface area contributed by atoms with E-state index in [2.05, 4.69) is 9.99 Å². The molecule has 0 aromatic heterocycles. The van der Waals surface area contributed by atoms with Crippen LogP contribution >= 0.6 is 0 Å². The van der Waals surface area contributed by atoms with Crippen molar-refractivity contribution in [2.75, 3.05) is 13.2 Å². The summed E-state index contributed by atoms with van der Waals surface area (Å²) in [5, 5.41) is 11.9. The summed E-state index contributed by atoms with van der Waals surface area (Å²) >= 11 is 0. The Bertz CT molecular complexity index is 140. The van der Waals surface area contributed by atoms with Crippen LogP contribution in [-0.4, -0.2) is 24.0 Å². The van der Waals surface area contributed by atoms with E-state index in [-0.39, 0.29) is 5.71 Å². The van der Waals surface area contributed by atoms with Gasteiger partial charge in [0, 0.05) is 6.42 Å². The van der Waals surface area contributed by atoms with Crippen LogP contribution in [0.15, 0.2) is 5.16 Å². The van der Waals surface area contributed by atoms with Gasteiger partial charge in [-0.2, -0.15) is 0 Å². The maximum atomic E-state index is 8.64. The highest BCUT2D eigenvalue weighted by atomic mass is 16.6. The number of hydrogen-bond acceptors (Lipinski definition) is 3. The Morgan fingerprint density at radius 2 is 3.00 bits per heavy atom. The van der Waals surface area contributed by atoms with E-state index in [1.165, 1.54) is 0 Å². The molecule has 40 valence electrons. The van der Waals surface area contributed by atoms with Crippen LogP contribution in [0.4, 0.5) is 0 Å². The lowest BCUT2D eigenvalue weighted by Crippen LogP contribution is -1.98. The van der Waals surface area contributed by atoms with Crippen LogP contribution in [0.2, 0.25) is 0 Å². The van der Waals surface area contributed by atoms with Crippen LogP contribution in [0.25, 0.3) is 0 Å². The summed E-state index contributed by atoms with van der Waals surface area (Å²) in [6.07, 6.45) is 0.378. The predicted octanol–water partition coefficient (Wildman–Crippen LogP) is -0.245. The highest BCUT2D eigenvalue weighted by Gasteiger charge is 2.03. The molecule has 1 aliphatic rings. The van der Waals surface area contributed by atoms with Crippen molar-refractivity contribution in [1.29, 1.82) is 0 Å². The van der Waals surface area contributed by atoms with Gasteiger partial charge in [-0.05, 0) is 0 Å². The highest BCUT2D eigenvalue weighted by molar-refractivity contribution is 5.85. The summed E-state index contributed by atoms with van der Waals surface area (Å²) < 4.78 is 13.5. The van der Waals surface area contributed by atoms with Gasteiger partial charge in [-0.3, -0.25) is 0 Å². The topological polar surface area (TPSA) is 41.8 Å². The number of hydrogen-bond donors (Lipinski definition) is 1. The summed E-state index contributed by atoms with van der Waals surface area (Å²) in [7, 11) is 0. The summed E-state index contributed by atoms with van der Waals surface area (Å²) in [5.74, 6) is 0. The monoisotopic (exact) mass is 103 g/mol. The fourth-order valence-corrected chi connectivity index (χ4v) is 0.388. The first-order valence-electron chi connectivity index (χ1n) is 3.02. The van der Waals surface area contributed by atoms with E-state index in [0.29, 0.717) is 13.0 Å². The molecule has 1 heterocycles. The van der Waals surface area contributed by atoms with Crippen molar-refractivity contribution in [2.24, 2.45) is 5.16 Å². The van der Waals surface area contributed by atoms with Crippen LogP contribution in [0.3, 0.4) is 0 Å². The van der Waals surface area contributed by atoms with Gasteiger partial charge in [0.1, 0.15) is 6.61 Å². The molecule has 0 aromatic carbocycles. The molecule has 0 amide bonds. The smallest absolute Gasteiger partial charge is 0.122 e. The van der Waals surface area contributed by atoms with Crippen molar-refractivity contribution in [3.63, 3.8) is 0 Å². The van der Waals surface area contributed by atoms with Gasteiger partial charge in [-0.1, -0.05) is 5.16 Å². The average Bonchev–Trinajstić information content (AvgIpc) is 2.08. The van der Waals surface area contributed by atoms with Gasteiger partial charge in [0.15, 0.2) is 0 Å². The van der Waals surface area contributed by atoms with Crippen LogP contribution in [0.5, 0.6) is 0 Å². The average molecular weight is 103 g/mol. The fourth-order valence-electron chi connectivity index (χ4n) is 0.388. The van der Waals surface area contributed by atoms with Crippen molar-refractivity contribution >= 4 is 5.71 Å². The molecule has 1 N–H and O–H groups in total. The number of aliphatic hydroxyl groups is 1. The van der Waals surface area contributed by atoms with Gasteiger partial charge in [0.25, 0.3) is 0 Å². The van der Waals surface area contributed by atoms with Crippen LogP contribution in [0, 0.1) is 0 Å². The van der Waals surface area contributed by atoms with Gasteiger partial charge < -0.3 is 9.94 Å². The van der Waals surface area contributed by atoms with Crippen molar-refractivity contribution in [3.05, 3.63) is 0 Å². The molecule has 7 heavy (non-hydrogen) atoms. The van der Waals surface area contributed by atoms with Crippen LogP contribution in [0.1, 0.15) is 9.16 Å². The van der Waals surface area contributed by atoms with Crippen molar-refractivity contribution in [3.8, 4) is 0 Å². The first kappa shape index (κ1) is 2.67. The van der Waals surface area contributed by atoms with Gasteiger partial charge in [-0.25, -0.2) is 0 Å². The third-order valence-electron chi connectivity index (χ3n) is 0.734. The molecule has 1 aliphatic heterocycles. The molecule has 0 aromatic rings. The number of nitrogens with zero attached hydrogens (tertiary/aromatic N) is 1. The summed E-state index contributed by atoms with van der Waals surface area (Å²) in [6, 6.07) is 0. The lowest BCUT2D eigenvalue weighted by Gasteiger charge is -1.81. The molecular formula is C4H7NO2. The molecule has 0 bridgehead atoms. The Hall–Kier alpha value is -0.570. The minimum atomic E-state index is -2.30. The molecule has 0 spiro atoms. The quantitative estimate of drug-likeness (QED) is 0.497. The zero-order valence-electron chi connectivity index (χ0n) is 5.72. The molecule has 0 atom stereocenters. The molecule has 0 saturated heterocycles. The van der Waals surface area contributed by atoms with Gasteiger partial charge in [0.2, 0.25) is 0 Å². The predicted molar refractivity (Wildman–Crippen MR) is 25.1 cm³/mol. The fraction of sp³-hybridized carbons (Fsp3) is 0.750. The maximum Gasteiger partial charge on any atom is 0.122 e. The van der Waals surface area contributed by atoms with E-state index >= 15 is 0 Å². The van der Waals surface area contributed by atoms with E-state index in [1.54, 1.807) is 0 Å². The Labute approximate surface area is 44.4 Å². The summed E-state index contributed by atoms with van der Waals surface area (Å²) in [4.78, 5) is 4.47. The second-order valence-corrected chi connectivity index (χ2v) is 1.23. The first-order chi connectivity index (χ1) is 4.11. The van der Waals surface area contributed by atoms with E-state index in [9.17, 15) is 0 Å². The first-order valence-corrected chi connectivity index (χ1v) is 2.02. The minimum absolute atomic E-state index is 0.0718. The zero-order chi connectivity index (χ0) is 6.91. The highest BCUT2D eigenvalue weighted by Crippen LogP contribution is 1.97. The van der Waals surface area contributed by atoms with E-state index in [0.717, 1.165) is 0 Å². The van der Waals surface area contributed by atoms with Crippen molar-refractivity contribution in [2.45, 2.75) is 6.42 Å². The van der Waals surface area contributed by atoms with Gasteiger partial charge >= 0.3 is 0 Å². The molecule has 0 aliphatic carbocycles. The van der Waals surface area contributed by atoms with Crippen LogP contribution < -0.4 is 0 Å². The molecule has 3 nitrogen and oxygen atoms in total. The number of oxime groups is 1. The SMILES string of the molecule is [2H]C([2H])(O)C1=NOCC1. The lowest BCUT2D eigenvalue weighted by molar-refractivity contribution is 0.173.